The predicted octanol–water partition coefficient (Wildman–Crippen LogP) is 0.865. The smallest absolute Gasteiger partial charge is 0.265 e. The third kappa shape index (κ3) is 3.58. The van der Waals surface area contributed by atoms with Crippen molar-refractivity contribution < 1.29 is 13.9 Å². The van der Waals surface area contributed by atoms with Crippen molar-refractivity contribution in [1.82, 2.24) is 9.97 Å². The van der Waals surface area contributed by atoms with E-state index < -0.39 is 12.5 Å². The molecule has 0 fully saturated rings. The molecule has 0 radical (unpaired) electrons. The second-order valence-electron chi connectivity index (χ2n) is 3.22. The maximum absolute atomic E-state index is 12.0. The van der Waals surface area contributed by atoms with Gasteiger partial charge in [0.1, 0.15) is 23.6 Å². The van der Waals surface area contributed by atoms with Crippen molar-refractivity contribution >= 4 is 11.6 Å². The Morgan fingerprint density at radius 1 is 1.38 bits per heavy atom. The molecule has 0 saturated heterocycles. The summed E-state index contributed by atoms with van der Waals surface area (Å²) in [5.41, 5.74) is 0. The van der Waals surface area contributed by atoms with Gasteiger partial charge in [0, 0.05) is 19.7 Å². The zero-order chi connectivity index (χ0) is 12.1. The Morgan fingerprint density at radius 3 is 2.56 bits per heavy atom. The van der Waals surface area contributed by atoms with Gasteiger partial charge in [-0.3, -0.25) is 0 Å². The predicted molar refractivity (Wildman–Crippen MR) is 56.8 cm³/mol. The van der Waals surface area contributed by atoms with Gasteiger partial charge in [-0.1, -0.05) is 0 Å². The molecule has 1 atom stereocenters. The highest BCUT2D eigenvalue weighted by Gasteiger charge is 2.16. The van der Waals surface area contributed by atoms with Crippen LogP contribution in [-0.2, 0) is 0 Å². The summed E-state index contributed by atoms with van der Waals surface area (Å²) in [7, 11) is 1.69. The van der Waals surface area contributed by atoms with E-state index in [4.69, 9.17) is 5.11 Å². The minimum absolute atomic E-state index is 0.253. The van der Waals surface area contributed by atoms with Gasteiger partial charge in [-0.2, -0.15) is 0 Å². The summed E-state index contributed by atoms with van der Waals surface area (Å²) < 4.78 is 24.0. The minimum Gasteiger partial charge on any atom is -0.385 e. The molecule has 0 aliphatic rings. The van der Waals surface area contributed by atoms with E-state index in [2.05, 4.69) is 20.6 Å². The molecule has 1 unspecified atom stereocenters. The molecule has 0 spiro atoms. The van der Waals surface area contributed by atoms with Crippen LogP contribution in [0, 0.1) is 6.92 Å². The van der Waals surface area contributed by atoms with Crippen LogP contribution in [-0.4, -0.2) is 41.2 Å². The van der Waals surface area contributed by atoms with Crippen molar-refractivity contribution in [2.24, 2.45) is 0 Å². The lowest BCUT2D eigenvalue weighted by Crippen LogP contribution is -2.27. The Kier molecular flexibility index (Phi) is 4.36. The van der Waals surface area contributed by atoms with Crippen molar-refractivity contribution in [3.05, 3.63) is 11.9 Å². The lowest BCUT2D eigenvalue weighted by atomic mass is 10.3. The fourth-order valence-electron chi connectivity index (χ4n) is 1.08. The highest BCUT2D eigenvalue weighted by molar-refractivity contribution is 5.47. The highest BCUT2D eigenvalue weighted by Crippen LogP contribution is 2.11. The van der Waals surface area contributed by atoms with Gasteiger partial charge in [-0.25, -0.2) is 18.7 Å². The first-order valence-corrected chi connectivity index (χ1v) is 4.76. The van der Waals surface area contributed by atoms with E-state index in [0.717, 1.165) is 0 Å². The van der Waals surface area contributed by atoms with Crippen LogP contribution in [0.2, 0.25) is 0 Å². The molecule has 5 nitrogen and oxygen atoms in total. The number of alkyl halides is 2. The minimum atomic E-state index is -2.76. The molecule has 3 N–H and O–H groups in total. The second kappa shape index (κ2) is 5.55. The van der Waals surface area contributed by atoms with Gasteiger partial charge in [-0.05, 0) is 6.92 Å². The molecule has 0 aromatic carbocycles. The molecule has 0 aliphatic carbocycles. The number of nitrogens with one attached hydrogen (secondary N) is 2. The summed E-state index contributed by atoms with van der Waals surface area (Å²) in [5.74, 6) is 1.50. The number of halogens is 2. The summed E-state index contributed by atoms with van der Waals surface area (Å²) in [6.45, 7) is 1.44. The first-order chi connectivity index (χ1) is 7.52. The molecule has 0 saturated carbocycles. The summed E-state index contributed by atoms with van der Waals surface area (Å²) in [4.78, 5) is 8.04. The Bertz CT molecular complexity index is 348. The average Bonchev–Trinajstić information content (AvgIpc) is 2.24. The van der Waals surface area contributed by atoms with Crippen molar-refractivity contribution in [1.29, 1.82) is 0 Å². The van der Waals surface area contributed by atoms with Crippen LogP contribution in [0.1, 0.15) is 5.82 Å². The van der Waals surface area contributed by atoms with Gasteiger partial charge < -0.3 is 15.7 Å². The number of aliphatic hydroxyl groups excluding tert-OH is 1. The van der Waals surface area contributed by atoms with E-state index in [1.165, 1.54) is 0 Å². The van der Waals surface area contributed by atoms with Crippen molar-refractivity contribution in [3.8, 4) is 0 Å². The van der Waals surface area contributed by atoms with Crippen LogP contribution < -0.4 is 10.6 Å². The number of nitrogens with zero attached hydrogens (tertiary/aromatic N) is 2. The van der Waals surface area contributed by atoms with Crippen molar-refractivity contribution in [2.45, 2.75) is 19.5 Å². The van der Waals surface area contributed by atoms with Gasteiger partial charge >= 0.3 is 0 Å². The number of anilines is 2. The molecular formula is C9H14F2N4O. The number of hydrogen-bond donors (Lipinski definition) is 3. The van der Waals surface area contributed by atoms with Crippen LogP contribution in [0.4, 0.5) is 20.4 Å². The second-order valence-corrected chi connectivity index (χ2v) is 3.22. The van der Waals surface area contributed by atoms with E-state index in [-0.39, 0.29) is 6.54 Å². The van der Waals surface area contributed by atoms with E-state index in [0.29, 0.717) is 17.5 Å². The number of aromatic nitrogens is 2. The van der Waals surface area contributed by atoms with Crippen LogP contribution in [0.15, 0.2) is 6.07 Å². The van der Waals surface area contributed by atoms with Crippen molar-refractivity contribution in [3.63, 3.8) is 0 Å². The van der Waals surface area contributed by atoms with Gasteiger partial charge in [0.05, 0.1) is 0 Å². The Morgan fingerprint density at radius 2 is 2.00 bits per heavy atom. The summed E-state index contributed by atoms with van der Waals surface area (Å²) in [5, 5.41) is 14.3. The van der Waals surface area contributed by atoms with Crippen molar-refractivity contribution in [2.75, 3.05) is 24.2 Å². The SMILES string of the molecule is CNc1cc(NCC(O)C(F)F)nc(C)n1. The molecule has 90 valence electrons. The highest BCUT2D eigenvalue weighted by atomic mass is 19.3. The summed E-state index contributed by atoms with van der Waals surface area (Å²) in [6.07, 6.45) is -4.47. The summed E-state index contributed by atoms with van der Waals surface area (Å²) in [6, 6.07) is 1.57. The first-order valence-electron chi connectivity index (χ1n) is 4.76. The number of hydrogen-bond acceptors (Lipinski definition) is 5. The van der Waals surface area contributed by atoms with E-state index in [1.54, 1.807) is 20.0 Å². The number of rotatable bonds is 5. The monoisotopic (exact) mass is 232 g/mol. The molecule has 0 amide bonds. The molecule has 1 heterocycles. The Balaban J connectivity index is 2.63. The average molecular weight is 232 g/mol. The lowest BCUT2D eigenvalue weighted by Gasteiger charge is -2.12. The van der Waals surface area contributed by atoms with E-state index in [1.807, 2.05) is 0 Å². The molecule has 1 aromatic heterocycles. The maximum Gasteiger partial charge on any atom is 0.265 e. The molecular weight excluding hydrogens is 218 g/mol. The lowest BCUT2D eigenvalue weighted by molar-refractivity contribution is 0.00380. The zero-order valence-corrected chi connectivity index (χ0v) is 9.04. The van der Waals surface area contributed by atoms with Gasteiger partial charge in [0.2, 0.25) is 0 Å². The number of aryl methyl sites for hydroxylation is 1. The molecule has 16 heavy (non-hydrogen) atoms. The van der Waals surface area contributed by atoms with E-state index >= 15 is 0 Å². The topological polar surface area (TPSA) is 70.1 Å². The fraction of sp³-hybridized carbons (Fsp3) is 0.556. The quantitative estimate of drug-likeness (QED) is 0.702. The normalized spacial score (nSPS) is 12.6. The van der Waals surface area contributed by atoms with E-state index in [9.17, 15) is 8.78 Å². The van der Waals surface area contributed by atoms with Gasteiger partial charge in [0.15, 0.2) is 0 Å². The van der Waals surface area contributed by atoms with Crippen LogP contribution in [0.25, 0.3) is 0 Å². The third-order valence-corrected chi connectivity index (χ3v) is 1.88. The van der Waals surface area contributed by atoms with Crippen LogP contribution >= 0.6 is 0 Å². The molecule has 0 bridgehead atoms. The molecule has 7 heteroatoms. The molecule has 1 aromatic rings. The zero-order valence-electron chi connectivity index (χ0n) is 9.04. The van der Waals surface area contributed by atoms with Crippen LogP contribution in [0.3, 0.4) is 0 Å². The van der Waals surface area contributed by atoms with Gasteiger partial charge in [0.25, 0.3) is 6.43 Å². The first kappa shape index (κ1) is 12.6. The van der Waals surface area contributed by atoms with Gasteiger partial charge in [-0.15, -0.1) is 0 Å². The Hall–Kier alpha value is -1.50. The molecule has 0 aliphatic heterocycles. The standard InChI is InChI=1S/C9H14F2N4O/c1-5-14-7(12-2)3-8(15-5)13-4-6(16)9(10)11/h3,6,9,16H,4H2,1-2H3,(H2,12,13,14,15). The maximum atomic E-state index is 12.0. The summed E-state index contributed by atoms with van der Waals surface area (Å²) >= 11 is 0. The largest absolute Gasteiger partial charge is 0.385 e. The third-order valence-electron chi connectivity index (χ3n) is 1.88. The van der Waals surface area contributed by atoms with Crippen LogP contribution in [0.5, 0.6) is 0 Å². The Labute approximate surface area is 91.9 Å². The fourth-order valence-corrected chi connectivity index (χ4v) is 1.08. The molecule has 1 rings (SSSR count). The number of aliphatic hydroxyl groups is 1.